The van der Waals surface area contributed by atoms with E-state index in [0.29, 0.717) is 35.2 Å². The van der Waals surface area contributed by atoms with Crippen molar-refractivity contribution >= 4 is 44.4 Å². The highest BCUT2D eigenvalue weighted by Crippen LogP contribution is 2.32. The Morgan fingerprint density at radius 2 is 2.06 bits per heavy atom. The van der Waals surface area contributed by atoms with E-state index in [1.807, 2.05) is 24.5 Å². The van der Waals surface area contributed by atoms with Crippen molar-refractivity contribution in [2.45, 2.75) is 11.3 Å². The van der Waals surface area contributed by atoms with Crippen LogP contribution in [0.5, 0.6) is 0 Å². The highest BCUT2D eigenvalue weighted by atomic mass is 32.2. The third kappa shape index (κ3) is 5.23. The maximum Gasteiger partial charge on any atom is 0.260 e. The molecule has 5 nitrogen and oxygen atoms in total. The Labute approximate surface area is 188 Å². The summed E-state index contributed by atoms with van der Waals surface area (Å²) in [4.78, 5) is 22.6. The second-order valence-electron chi connectivity index (χ2n) is 7.23. The van der Waals surface area contributed by atoms with Gasteiger partial charge in [0.2, 0.25) is 0 Å². The number of anilines is 1. The van der Waals surface area contributed by atoms with Crippen molar-refractivity contribution in [3.8, 4) is 0 Å². The van der Waals surface area contributed by atoms with E-state index in [1.165, 1.54) is 6.07 Å². The molecule has 0 saturated carbocycles. The summed E-state index contributed by atoms with van der Waals surface area (Å²) in [5.41, 5.74) is 0.634. The highest BCUT2D eigenvalue weighted by Gasteiger charge is 2.23. The van der Waals surface area contributed by atoms with Crippen molar-refractivity contribution in [3.63, 3.8) is 0 Å². The van der Waals surface area contributed by atoms with Crippen LogP contribution >= 0.6 is 23.1 Å². The van der Waals surface area contributed by atoms with Crippen LogP contribution in [0.4, 0.5) is 13.9 Å². The summed E-state index contributed by atoms with van der Waals surface area (Å²) in [6.07, 6.45) is 2.69. The molecule has 1 aromatic heterocycles. The molecule has 2 heterocycles. The number of amides is 1. The van der Waals surface area contributed by atoms with Gasteiger partial charge in [-0.2, -0.15) is 0 Å². The smallest absolute Gasteiger partial charge is 0.260 e. The summed E-state index contributed by atoms with van der Waals surface area (Å²) in [5.74, 6) is -1.57. The third-order valence-corrected chi connectivity index (χ3v) is 6.91. The van der Waals surface area contributed by atoms with E-state index in [2.05, 4.69) is 9.88 Å². The SMILES string of the molecule is CSc1cccc(C(=O)N(CCCN2CCOCC2)c2nc3c(F)cc(F)cc3s2)c1. The first-order valence-corrected chi connectivity index (χ1v) is 12.1. The van der Waals surface area contributed by atoms with Crippen molar-refractivity contribution in [2.24, 2.45) is 0 Å². The average Bonchev–Trinajstić information content (AvgIpc) is 3.21. The number of ether oxygens (including phenoxy) is 1. The van der Waals surface area contributed by atoms with Crippen LogP contribution in [0.15, 0.2) is 41.3 Å². The van der Waals surface area contributed by atoms with Gasteiger partial charge in [-0.3, -0.25) is 14.6 Å². The van der Waals surface area contributed by atoms with Crippen molar-refractivity contribution < 1.29 is 18.3 Å². The molecule has 1 saturated heterocycles. The van der Waals surface area contributed by atoms with Gasteiger partial charge in [-0.25, -0.2) is 13.8 Å². The van der Waals surface area contributed by atoms with E-state index >= 15 is 0 Å². The molecular weight excluding hydrogens is 440 g/mol. The van der Waals surface area contributed by atoms with E-state index in [-0.39, 0.29) is 11.4 Å². The van der Waals surface area contributed by atoms with Crippen molar-refractivity contribution in [3.05, 3.63) is 53.6 Å². The quantitative estimate of drug-likeness (QED) is 0.477. The number of carbonyl (C=O) groups excluding carboxylic acids is 1. The summed E-state index contributed by atoms with van der Waals surface area (Å²) >= 11 is 2.69. The topological polar surface area (TPSA) is 45.7 Å². The molecule has 1 fully saturated rings. The van der Waals surface area contributed by atoms with Crippen molar-refractivity contribution in [2.75, 3.05) is 50.5 Å². The Bertz CT molecular complexity index is 1070. The van der Waals surface area contributed by atoms with Gasteiger partial charge in [-0.15, -0.1) is 11.8 Å². The molecular formula is C22H23F2N3O2S2. The molecule has 0 bridgehead atoms. The highest BCUT2D eigenvalue weighted by molar-refractivity contribution is 7.98. The zero-order chi connectivity index (χ0) is 21.8. The molecule has 3 aromatic rings. The number of fused-ring (bicyclic) bond motifs is 1. The third-order valence-electron chi connectivity index (χ3n) is 5.15. The lowest BCUT2D eigenvalue weighted by Crippen LogP contribution is -2.39. The molecule has 2 aromatic carbocycles. The van der Waals surface area contributed by atoms with Crippen LogP contribution in [-0.4, -0.2) is 61.4 Å². The number of thiazole rings is 1. The number of thioether (sulfide) groups is 1. The molecule has 1 aliphatic heterocycles. The van der Waals surface area contributed by atoms with E-state index in [0.717, 1.165) is 48.4 Å². The number of halogens is 2. The first kappa shape index (κ1) is 22.1. The number of benzene rings is 2. The molecule has 1 aliphatic rings. The summed E-state index contributed by atoms with van der Waals surface area (Å²) in [6, 6.07) is 9.47. The molecule has 164 valence electrons. The Hall–Kier alpha value is -2.07. The number of hydrogen-bond donors (Lipinski definition) is 0. The summed E-state index contributed by atoms with van der Waals surface area (Å²) in [5, 5.41) is 0.376. The van der Waals surface area contributed by atoms with E-state index in [1.54, 1.807) is 22.7 Å². The van der Waals surface area contributed by atoms with Crippen molar-refractivity contribution in [1.29, 1.82) is 0 Å². The maximum atomic E-state index is 14.2. The van der Waals surface area contributed by atoms with Gasteiger partial charge in [0.05, 0.1) is 17.9 Å². The van der Waals surface area contributed by atoms with Crippen LogP contribution < -0.4 is 4.90 Å². The Balaban J connectivity index is 1.61. The molecule has 4 rings (SSSR count). The largest absolute Gasteiger partial charge is 0.379 e. The minimum Gasteiger partial charge on any atom is -0.379 e. The van der Waals surface area contributed by atoms with Gasteiger partial charge in [-0.05, 0) is 36.9 Å². The summed E-state index contributed by atoms with van der Waals surface area (Å²) in [7, 11) is 0. The summed E-state index contributed by atoms with van der Waals surface area (Å²) in [6.45, 7) is 4.43. The zero-order valence-corrected chi connectivity index (χ0v) is 18.8. The molecule has 0 unspecified atom stereocenters. The van der Waals surface area contributed by atoms with Gasteiger partial charge in [0.15, 0.2) is 10.9 Å². The van der Waals surface area contributed by atoms with Gasteiger partial charge in [0.1, 0.15) is 11.3 Å². The van der Waals surface area contributed by atoms with E-state index in [4.69, 9.17) is 4.74 Å². The first-order valence-electron chi connectivity index (χ1n) is 10.1. The fourth-order valence-electron chi connectivity index (χ4n) is 3.53. The van der Waals surface area contributed by atoms with Gasteiger partial charge < -0.3 is 4.74 Å². The first-order chi connectivity index (χ1) is 15.0. The van der Waals surface area contributed by atoms with Crippen LogP contribution in [0.1, 0.15) is 16.8 Å². The minimum absolute atomic E-state index is 0.0882. The lowest BCUT2D eigenvalue weighted by atomic mass is 10.2. The monoisotopic (exact) mass is 463 g/mol. The predicted molar refractivity (Wildman–Crippen MR) is 121 cm³/mol. The number of nitrogens with zero attached hydrogens (tertiary/aromatic N) is 3. The number of hydrogen-bond acceptors (Lipinski definition) is 6. The predicted octanol–water partition coefficient (Wildman–Crippen LogP) is 4.67. The molecule has 0 aliphatic carbocycles. The maximum absolute atomic E-state index is 14.2. The zero-order valence-electron chi connectivity index (χ0n) is 17.1. The van der Waals surface area contributed by atoms with Gasteiger partial charge in [0.25, 0.3) is 5.91 Å². The Morgan fingerprint density at radius 3 is 2.84 bits per heavy atom. The number of rotatable bonds is 7. The Kier molecular flexibility index (Phi) is 7.16. The summed E-state index contributed by atoms with van der Waals surface area (Å²) < 4.78 is 33.7. The van der Waals surface area contributed by atoms with Crippen LogP contribution in [0.2, 0.25) is 0 Å². The molecule has 0 radical (unpaired) electrons. The lowest BCUT2D eigenvalue weighted by Gasteiger charge is -2.27. The molecule has 1 amide bonds. The standard InChI is InChI=1S/C22H23F2N3O2S2/c1-30-17-5-2-4-15(12-17)21(28)27(7-3-6-26-8-10-29-11-9-26)22-25-20-18(24)13-16(23)14-19(20)31-22/h2,4-5,12-14H,3,6-11H2,1H3. The van der Waals surface area contributed by atoms with Crippen LogP contribution in [0.25, 0.3) is 10.2 Å². The minimum atomic E-state index is -0.720. The molecule has 0 N–H and O–H groups in total. The molecule has 0 spiro atoms. The lowest BCUT2D eigenvalue weighted by molar-refractivity contribution is 0.0376. The van der Waals surface area contributed by atoms with Crippen molar-refractivity contribution in [1.82, 2.24) is 9.88 Å². The van der Waals surface area contributed by atoms with Gasteiger partial charge in [-0.1, -0.05) is 17.4 Å². The van der Waals surface area contributed by atoms with Gasteiger partial charge in [0, 0.05) is 42.7 Å². The van der Waals surface area contributed by atoms with Crippen LogP contribution in [0.3, 0.4) is 0 Å². The molecule has 31 heavy (non-hydrogen) atoms. The number of morpholine rings is 1. The molecule has 0 atom stereocenters. The second kappa shape index (κ2) is 10.0. The van der Waals surface area contributed by atoms with Crippen LogP contribution in [-0.2, 0) is 4.74 Å². The fraction of sp³-hybridized carbons (Fsp3) is 0.364. The van der Waals surface area contributed by atoms with E-state index in [9.17, 15) is 13.6 Å². The fourth-order valence-corrected chi connectivity index (χ4v) is 5.02. The second-order valence-corrected chi connectivity index (χ2v) is 9.12. The molecule has 9 heteroatoms. The number of carbonyl (C=O) groups is 1. The normalized spacial score (nSPS) is 14.8. The average molecular weight is 464 g/mol. The number of aromatic nitrogens is 1. The van der Waals surface area contributed by atoms with Gasteiger partial charge >= 0.3 is 0 Å². The van der Waals surface area contributed by atoms with Crippen LogP contribution in [0, 0.1) is 11.6 Å². The van der Waals surface area contributed by atoms with E-state index < -0.39 is 11.6 Å². The Morgan fingerprint density at radius 1 is 1.26 bits per heavy atom.